The molecule has 0 radical (unpaired) electrons. The van der Waals surface area contributed by atoms with E-state index in [-0.39, 0.29) is 0 Å². The Morgan fingerprint density at radius 2 is 2.06 bits per heavy atom. The maximum Gasteiger partial charge on any atom is 0.146 e. The van der Waals surface area contributed by atoms with E-state index in [1.165, 1.54) is 0 Å². The highest BCUT2D eigenvalue weighted by molar-refractivity contribution is 9.10. The van der Waals surface area contributed by atoms with Gasteiger partial charge in [0.25, 0.3) is 0 Å². The van der Waals surface area contributed by atoms with Crippen LogP contribution in [-0.4, -0.2) is 15.1 Å². The quantitative estimate of drug-likeness (QED) is 0.945. The van der Waals surface area contributed by atoms with Gasteiger partial charge in [0.15, 0.2) is 0 Å². The van der Waals surface area contributed by atoms with Gasteiger partial charge in [-0.25, -0.2) is 0 Å². The van der Waals surface area contributed by atoms with Crippen LogP contribution in [0.15, 0.2) is 41.3 Å². The van der Waals surface area contributed by atoms with E-state index in [1.807, 2.05) is 6.07 Å². The van der Waals surface area contributed by atoms with Crippen LogP contribution in [0.3, 0.4) is 0 Å². The van der Waals surface area contributed by atoms with Crippen LogP contribution in [0.1, 0.15) is 18.7 Å². The molecule has 2 rings (SSSR count). The molecule has 0 aromatic carbocycles. The van der Waals surface area contributed by atoms with E-state index in [0.29, 0.717) is 17.2 Å². The molecule has 1 N–H and O–H groups in total. The molecule has 0 saturated heterocycles. The lowest BCUT2D eigenvalue weighted by Gasteiger charge is -2.07. The fourth-order valence-corrected chi connectivity index (χ4v) is 1.63. The number of nitrogens with zero attached hydrogens (tertiary/aromatic N) is 2. The van der Waals surface area contributed by atoms with Crippen molar-refractivity contribution in [3.63, 3.8) is 0 Å². The van der Waals surface area contributed by atoms with E-state index < -0.39 is 6.10 Å². The first-order valence-electron chi connectivity index (χ1n) is 5.07. The molecule has 88 valence electrons. The number of hydrogen-bond acceptors (Lipinski definition) is 4. The van der Waals surface area contributed by atoms with Crippen molar-refractivity contribution in [1.29, 1.82) is 0 Å². The summed E-state index contributed by atoms with van der Waals surface area (Å²) in [6.07, 6.45) is 4.30. The molecule has 0 spiro atoms. The number of halogens is 1. The first kappa shape index (κ1) is 12.0. The molecular formula is C12H11BrN2O2. The molecule has 5 heteroatoms. The van der Waals surface area contributed by atoms with Crippen molar-refractivity contribution in [3.05, 3.63) is 47.0 Å². The van der Waals surface area contributed by atoms with E-state index in [4.69, 9.17) is 4.74 Å². The highest BCUT2D eigenvalue weighted by Crippen LogP contribution is 2.23. The van der Waals surface area contributed by atoms with Crippen molar-refractivity contribution >= 4 is 15.9 Å². The van der Waals surface area contributed by atoms with Crippen LogP contribution in [0.25, 0.3) is 0 Å². The Balaban J connectivity index is 2.14. The zero-order valence-electron chi connectivity index (χ0n) is 9.17. The Hall–Kier alpha value is -1.46. The zero-order chi connectivity index (χ0) is 12.3. The minimum atomic E-state index is -0.573. The van der Waals surface area contributed by atoms with Crippen molar-refractivity contribution in [2.75, 3.05) is 0 Å². The van der Waals surface area contributed by atoms with Crippen molar-refractivity contribution in [2.24, 2.45) is 0 Å². The lowest BCUT2D eigenvalue weighted by Crippen LogP contribution is -1.95. The zero-order valence-corrected chi connectivity index (χ0v) is 10.8. The molecule has 0 aliphatic carbocycles. The fourth-order valence-electron chi connectivity index (χ4n) is 1.28. The molecule has 0 amide bonds. The van der Waals surface area contributed by atoms with Crippen LogP contribution < -0.4 is 4.74 Å². The average molecular weight is 295 g/mol. The first-order chi connectivity index (χ1) is 8.15. The highest BCUT2D eigenvalue weighted by Gasteiger charge is 2.03. The molecule has 1 atom stereocenters. The van der Waals surface area contributed by atoms with E-state index in [2.05, 4.69) is 25.9 Å². The number of aromatic nitrogens is 2. The van der Waals surface area contributed by atoms with Gasteiger partial charge in [-0.2, -0.15) is 0 Å². The van der Waals surface area contributed by atoms with Crippen LogP contribution in [0.4, 0.5) is 0 Å². The maximum atomic E-state index is 9.32. The number of pyridine rings is 2. The third kappa shape index (κ3) is 3.25. The number of hydrogen-bond donors (Lipinski definition) is 1. The Morgan fingerprint density at radius 1 is 1.24 bits per heavy atom. The third-order valence-electron chi connectivity index (χ3n) is 2.10. The molecule has 0 saturated carbocycles. The molecule has 0 bridgehead atoms. The summed E-state index contributed by atoms with van der Waals surface area (Å²) < 4.78 is 6.41. The van der Waals surface area contributed by atoms with Gasteiger partial charge in [0.1, 0.15) is 11.5 Å². The van der Waals surface area contributed by atoms with Gasteiger partial charge in [-0.1, -0.05) is 0 Å². The Kier molecular flexibility index (Phi) is 3.71. The predicted molar refractivity (Wildman–Crippen MR) is 66.9 cm³/mol. The molecule has 17 heavy (non-hydrogen) atoms. The second-order valence-corrected chi connectivity index (χ2v) is 4.45. The van der Waals surface area contributed by atoms with E-state index in [9.17, 15) is 5.11 Å². The van der Waals surface area contributed by atoms with Gasteiger partial charge in [-0.3, -0.25) is 9.97 Å². The summed E-state index contributed by atoms with van der Waals surface area (Å²) in [5, 5.41) is 9.32. The van der Waals surface area contributed by atoms with Crippen LogP contribution in [0.5, 0.6) is 11.5 Å². The summed E-state index contributed by atoms with van der Waals surface area (Å²) in [5.74, 6) is 1.24. The summed E-state index contributed by atoms with van der Waals surface area (Å²) in [7, 11) is 0. The van der Waals surface area contributed by atoms with Gasteiger partial charge in [-0.15, -0.1) is 0 Å². The normalized spacial score (nSPS) is 12.2. The Bertz CT molecular complexity index is 500. The largest absolute Gasteiger partial charge is 0.454 e. The summed E-state index contributed by atoms with van der Waals surface area (Å²) in [6.45, 7) is 1.67. The Labute approximate surface area is 107 Å². The standard InChI is InChI=1S/C12H11BrN2O2/c1-8(16)12-3-2-10(7-15-12)17-11-4-9(13)5-14-6-11/h2-8,16H,1H3. The second-order valence-electron chi connectivity index (χ2n) is 3.54. The van der Waals surface area contributed by atoms with Crippen molar-refractivity contribution in [3.8, 4) is 11.5 Å². The molecule has 2 heterocycles. The van der Waals surface area contributed by atoms with Crippen molar-refractivity contribution in [1.82, 2.24) is 9.97 Å². The van der Waals surface area contributed by atoms with Gasteiger partial charge in [0.2, 0.25) is 0 Å². The van der Waals surface area contributed by atoms with Gasteiger partial charge in [0.05, 0.1) is 24.2 Å². The fraction of sp³-hybridized carbons (Fsp3) is 0.167. The lowest BCUT2D eigenvalue weighted by atomic mass is 10.2. The number of ether oxygens (including phenoxy) is 1. The highest BCUT2D eigenvalue weighted by atomic mass is 79.9. The molecule has 0 aliphatic heterocycles. The minimum Gasteiger partial charge on any atom is -0.454 e. The monoisotopic (exact) mass is 294 g/mol. The Morgan fingerprint density at radius 3 is 2.65 bits per heavy atom. The van der Waals surface area contributed by atoms with E-state index in [0.717, 1.165) is 4.47 Å². The van der Waals surface area contributed by atoms with Crippen LogP contribution in [0, 0.1) is 0 Å². The SMILES string of the molecule is CC(O)c1ccc(Oc2cncc(Br)c2)cn1. The summed E-state index contributed by atoms with van der Waals surface area (Å²) >= 11 is 3.31. The molecular weight excluding hydrogens is 284 g/mol. The average Bonchev–Trinajstić information content (AvgIpc) is 2.29. The second kappa shape index (κ2) is 5.25. The summed E-state index contributed by atoms with van der Waals surface area (Å²) in [5.41, 5.74) is 0.615. The number of aliphatic hydroxyl groups excluding tert-OH is 1. The van der Waals surface area contributed by atoms with E-state index >= 15 is 0 Å². The van der Waals surface area contributed by atoms with Gasteiger partial charge in [0, 0.05) is 10.7 Å². The van der Waals surface area contributed by atoms with Gasteiger partial charge >= 0.3 is 0 Å². The van der Waals surface area contributed by atoms with Gasteiger partial charge in [-0.05, 0) is 41.1 Å². The number of rotatable bonds is 3. The first-order valence-corrected chi connectivity index (χ1v) is 5.87. The minimum absolute atomic E-state index is 0.573. The molecule has 4 nitrogen and oxygen atoms in total. The van der Waals surface area contributed by atoms with Crippen molar-refractivity contribution in [2.45, 2.75) is 13.0 Å². The third-order valence-corrected chi connectivity index (χ3v) is 2.54. The molecule has 0 fully saturated rings. The molecule has 0 aliphatic rings. The van der Waals surface area contributed by atoms with Crippen LogP contribution >= 0.6 is 15.9 Å². The predicted octanol–water partition coefficient (Wildman–Crippen LogP) is 3.08. The summed E-state index contributed by atoms with van der Waals surface area (Å²) in [4.78, 5) is 8.08. The van der Waals surface area contributed by atoms with Crippen LogP contribution in [-0.2, 0) is 0 Å². The number of aliphatic hydroxyl groups is 1. The van der Waals surface area contributed by atoms with Gasteiger partial charge < -0.3 is 9.84 Å². The van der Waals surface area contributed by atoms with Crippen molar-refractivity contribution < 1.29 is 9.84 Å². The topological polar surface area (TPSA) is 55.2 Å². The molecule has 2 aromatic heterocycles. The molecule has 1 unspecified atom stereocenters. The maximum absolute atomic E-state index is 9.32. The van der Waals surface area contributed by atoms with Crippen LogP contribution in [0.2, 0.25) is 0 Å². The van der Waals surface area contributed by atoms with E-state index in [1.54, 1.807) is 37.6 Å². The molecule has 2 aromatic rings. The lowest BCUT2D eigenvalue weighted by molar-refractivity contribution is 0.194. The smallest absolute Gasteiger partial charge is 0.146 e. The summed E-state index contributed by atoms with van der Waals surface area (Å²) in [6, 6.07) is 5.30.